The molecule has 0 heterocycles. The first-order valence-corrected chi connectivity index (χ1v) is 5.48. The standard InChI is InChI=1S/C10H21N3O/c1-2-9(10(11)13-14)12-7-8-5-3-4-6-8/h8-9,12,14H,2-7H2,1H3,(H2,11,13). The largest absolute Gasteiger partial charge is 0.409 e. The van der Waals surface area contributed by atoms with E-state index in [-0.39, 0.29) is 6.04 Å². The monoisotopic (exact) mass is 199 g/mol. The van der Waals surface area contributed by atoms with Crippen LogP contribution in [0.1, 0.15) is 39.0 Å². The van der Waals surface area contributed by atoms with Crippen molar-refractivity contribution in [1.82, 2.24) is 5.32 Å². The number of nitrogens with one attached hydrogen (secondary N) is 1. The van der Waals surface area contributed by atoms with Gasteiger partial charge in [0.2, 0.25) is 0 Å². The van der Waals surface area contributed by atoms with Gasteiger partial charge in [-0.25, -0.2) is 0 Å². The van der Waals surface area contributed by atoms with Crippen LogP contribution in [0.25, 0.3) is 0 Å². The summed E-state index contributed by atoms with van der Waals surface area (Å²) in [5, 5.41) is 14.9. The van der Waals surface area contributed by atoms with Crippen molar-refractivity contribution in [2.45, 2.75) is 45.1 Å². The Labute approximate surface area is 85.6 Å². The lowest BCUT2D eigenvalue weighted by Gasteiger charge is -2.18. The molecule has 0 aromatic rings. The third kappa shape index (κ3) is 3.18. The zero-order valence-corrected chi connectivity index (χ0v) is 8.87. The van der Waals surface area contributed by atoms with Crippen LogP contribution in [0.3, 0.4) is 0 Å². The van der Waals surface area contributed by atoms with E-state index in [2.05, 4.69) is 10.5 Å². The van der Waals surface area contributed by atoms with Gasteiger partial charge in [0.15, 0.2) is 5.84 Å². The highest BCUT2D eigenvalue weighted by atomic mass is 16.4. The Kier molecular flexibility index (Phi) is 4.73. The lowest BCUT2D eigenvalue weighted by molar-refractivity contribution is 0.313. The van der Waals surface area contributed by atoms with E-state index in [1.807, 2.05) is 6.92 Å². The SMILES string of the molecule is CCC(NCC1CCCC1)C(N)=NO. The first-order valence-electron chi connectivity index (χ1n) is 5.48. The molecule has 1 rings (SSSR count). The second-order valence-corrected chi connectivity index (χ2v) is 4.04. The Bertz CT molecular complexity index is 188. The quantitative estimate of drug-likeness (QED) is 0.270. The zero-order valence-electron chi connectivity index (χ0n) is 8.87. The van der Waals surface area contributed by atoms with E-state index in [4.69, 9.17) is 10.9 Å². The van der Waals surface area contributed by atoms with E-state index >= 15 is 0 Å². The maximum Gasteiger partial charge on any atom is 0.156 e. The molecule has 4 heteroatoms. The van der Waals surface area contributed by atoms with Crippen LogP contribution in [0.4, 0.5) is 0 Å². The van der Waals surface area contributed by atoms with Crippen molar-refractivity contribution in [3.8, 4) is 0 Å². The van der Waals surface area contributed by atoms with Crippen LogP contribution in [0.15, 0.2) is 5.16 Å². The summed E-state index contributed by atoms with van der Waals surface area (Å²) in [4.78, 5) is 0. The number of amidine groups is 1. The molecule has 0 aliphatic heterocycles. The van der Waals surface area contributed by atoms with Crippen LogP contribution in [-0.2, 0) is 0 Å². The molecule has 1 unspecified atom stereocenters. The van der Waals surface area contributed by atoms with Gasteiger partial charge < -0.3 is 16.3 Å². The fourth-order valence-corrected chi connectivity index (χ4v) is 2.05. The van der Waals surface area contributed by atoms with E-state index in [1.165, 1.54) is 25.7 Å². The van der Waals surface area contributed by atoms with Crippen LogP contribution >= 0.6 is 0 Å². The average molecular weight is 199 g/mol. The second kappa shape index (κ2) is 5.86. The predicted molar refractivity (Wildman–Crippen MR) is 57.4 cm³/mol. The summed E-state index contributed by atoms with van der Waals surface area (Å²) in [5.41, 5.74) is 5.55. The molecule has 0 spiro atoms. The smallest absolute Gasteiger partial charge is 0.156 e. The Morgan fingerprint density at radius 3 is 2.71 bits per heavy atom. The molecule has 0 radical (unpaired) electrons. The molecule has 0 amide bonds. The van der Waals surface area contributed by atoms with Crippen LogP contribution in [-0.4, -0.2) is 23.6 Å². The van der Waals surface area contributed by atoms with Gasteiger partial charge in [-0.3, -0.25) is 0 Å². The Morgan fingerprint density at radius 2 is 2.21 bits per heavy atom. The maximum absolute atomic E-state index is 8.55. The molecule has 0 bridgehead atoms. The number of hydrogen-bond donors (Lipinski definition) is 3. The first-order chi connectivity index (χ1) is 6.77. The molecule has 1 fully saturated rings. The van der Waals surface area contributed by atoms with Crippen LogP contribution in [0, 0.1) is 5.92 Å². The summed E-state index contributed by atoms with van der Waals surface area (Å²) in [5.74, 6) is 1.08. The normalized spacial score (nSPS) is 21.4. The third-order valence-corrected chi connectivity index (χ3v) is 3.01. The van der Waals surface area contributed by atoms with E-state index < -0.39 is 0 Å². The van der Waals surface area contributed by atoms with Gasteiger partial charge in [-0.05, 0) is 31.7 Å². The lowest BCUT2D eigenvalue weighted by atomic mass is 10.1. The fourth-order valence-electron chi connectivity index (χ4n) is 2.05. The van der Waals surface area contributed by atoms with Gasteiger partial charge in [0, 0.05) is 0 Å². The molecule has 1 aliphatic rings. The van der Waals surface area contributed by atoms with Crippen molar-refractivity contribution in [3.63, 3.8) is 0 Å². The van der Waals surface area contributed by atoms with Crippen LogP contribution in [0.2, 0.25) is 0 Å². The summed E-state index contributed by atoms with van der Waals surface area (Å²) < 4.78 is 0. The van der Waals surface area contributed by atoms with Crippen molar-refractivity contribution in [2.75, 3.05) is 6.54 Å². The van der Waals surface area contributed by atoms with Gasteiger partial charge in [-0.15, -0.1) is 0 Å². The van der Waals surface area contributed by atoms with Gasteiger partial charge in [0.05, 0.1) is 6.04 Å². The molecular weight excluding hydrogens is 178 g/mol. The molecule has 1 aliphatic carbocycles. The summed E-state index contributed by atoms with van der Waals surface area (Å²) >= 11 is 0. The number of nitrogens with two attached hydrogens (primary N) is 1. The Morgan fingerprint density at radius 1 is 1.57 bits per heavy atom. The highest BCUT2D eigenvalue weighted by Gasteiger charge is 2.17. The summed E-state index contributed by atoms with van der Waals surface area (Å²) in [7, 11) is 0. The topological polar surface area (TPSA) is 70.6 Å². The van der Waals surface area contributed by atoms with Gasteiger partial charge in [-0.1, -0.05) is 24.9 Å². The van der Waals surface area contributed by atoms with Crippen molar-refractivity contribution < 1.29 is 5.21 Å². The second-order valence-electron chi connectivity index (χ2n) is 4.04. The Balaban J connectivity index is 2.26. The maximum atomic E-state index is 8.55. The Hall–Kier alpha value is -0.770. The van der Waals surface area contributed by atoms with Crippen molar-refractivity contribution in [2.24, 2.45) is 16.8 Å². The van der Waals surface area contributed by atoms with E-state index in [0.29, 0.717) is 5.84 Å². The number of nitrogens with zero attached hydrogens (tertiary/aromatic N) is 1. The molecule has 1 atom stereocenters. The summed E-state index contributed by atoms with van der Waals surface area (Å²) in [6, 6.07) is 0.0283. The molecule has 1 saturated carbocycles. The van der Waals surface area contributed by atoms with Gasteiger partial charge in [0.1, 0.15) is 0 Å². The lowest BCUT2D eigenvalue weighted by Crippen LogP contribution is -2.42. The molecule has 0 aromatic heterocycles. The molecular formula is C10H21N3O. The minimum Gasteiger partial charge on any atom is -0.409 e. The van der Waals surface area contributed by atoms with Crippen LogP contribution < -0.4 is 11.1 Å². The summed E-state index contributed by atoms with van der Waals surface area (Å²) in [6.45, 7) is 3.03. The summed E-state index contributed by atoms with van der Waals surface area (Å²) in [6.07, 6.45) is 6.21. The van der Waals surface area contributed by atoms with E-state index in [0.717, 1.165) is 18.9 Å². The third-order valence-electron chi connectivity index (χ3n) is 3.01. The van der Waals surface area contributed by atoms with Crippen molar-refractivity contribution in [3.05, 3.63) is 0 Å². The molecule has 0 aromatic carbocycles. The molecule has 82 valence electrons. The molecule has 4 nitrogen and oxygen atoms in total. The van der Waals surface area contributed by atoms with E-state index in [1.54, 1.807) is 0 Å². The zero-order chi connectivity index (χ0) is 10.4. The average Bonchev–Trinajstić information content (AvgIpc) is 2.71. The first kappa shape index (κ1) is 11.3. The van der Waals surface area contributed by atoms with Gasteiger partial charge >= 0.3 is 0 Å². The highest BCUT2D eigenvalue weighted by molar-refractivity contribution is 5.85. The minimum atomic E-state index is 0.0283. The fraction of sp³-hybridized carbons (Fsp3) is 0.900. The number of oxime groups is 1. The number of rotatable bonds is 5. The predicted octanol–water partition coefficient (Wildman–Crippen LogP) is 1.29. The van der Waals surface area contributed by atoms with Crippen molar-refractivity contribution >= 4 is 5.84 Å². The minimum absolute atomic E-state index is 0.0283. The molecule has 4 N–H and O–H groups in total. The van der Waals surface area contributed by atoms with E-state index in [9.17, 15) is 0 Å². The number of hydrogen-bond acceptors (Lipinski definition) is 3. The van der Waals surface area contributed by atoms with Gasteiger partial charge in [0.25, 0.3) is 0 Å². The highest BCUT2D eigenvalue weighted by Crippen LogP contribution is 2.23. The molecule has 14 heavy (non-hydrogen) atoms. The van der Waals surface area contributed by atoms with Crippen molar-refractivity contribution in [1.29, 1.82) is 0 Å². The molecule has 0 saturated heterocycles. The van der Waals surface area contributed by atoms with Crippen LogP contribution in [0.5, 0.6) is 0 Å². The van der Waals surface area contributed by atoms with Gasteiger partial charge in [-0.2, -0.15) is 0 Å².